The molecular formula is C30H20N2O8. The highest BCUT2D eigenvalue weighted by molar-refractivity contribution is 6.22. The van der Waals surface area contributed by atoms with Gasteiger partial charge in [0.1, 0.15) is 11.5 Å². The fourth-order valence-electron chi connectivity index (χ4n) is 4.33. The molecule has 0 saturated heterocycles. The van der Waals surface area contributed by atoms with Gasteiger partial charge in [-0.2, -0.15) is 0 Å². The van der Waals surface area contributed by atoms with Crippen molar-refractivity contribution >= 4 is 35.6 Å². The van der Waals surface area contributed by atoms with Crippen LogP contribution in [0, 0.1) is 0 Å². The Morgan fingerprint density at radius 2 is 0.925 bits per heavy atom. The van der Waals surface area contributed by atoms with Gasteiger partial charge in [-0.1, -0.05) is 12.2 Å². The number of ether oxygens (including phenoxy) is 2. The van der Waals surface area contributed by atoms with Gasteiger partial charge in [-0.05, 0) is 60.7 Å². The van der Waals surface area contributed by atoms with E-state index in [4.69, 9.17) is 9.47 Å². The van der Waals surface area contributed by atoms with E-state index in [9.17, 15) is 28.8 Å². The number of amides is 4. The van der Waals surface area contributed by atoms with Gasteiger partial charge in [-0.3, -0.25) is 29.0 Å². The minimum Gasteiger partial charge on any atom is -0.423 e. The number of rotatable bonds is 8. The second-order valence-corrected chi connectivity index (χ2v) is 8.79. The molecule has 0 radical (unpaired) electrons. The zero-order valence-corrected chi connectivity index (χ0v) is 20.9. The number of esters is 2. The molecule has 0 aromatic heterocycles. The van der Waals surface area contributed by atoms with Crippen molar-refractivity contribution in [3.05, 3.63) is 119 Å². The molecule has 0 unspecified atom stereocenters. The number of carbonyl (C=O) groups excluding carboxylic acids is 6. The Hall–Kier alpha value is -5.64. The van der Waals surface area contributed by atoms with Crippen LogP contribution in [-0.2, 0) is 0 Å². The largest absolute Gasteiger partial charge is 0.423 e. The predicted octanol–water partition coefficient (Wildman–Crippen LogP) is 3.69. The zero-order valence-electron chi connectivity index (χ0n) is 20.9. The molecule has 5 rings (SSSR count). The molecule has 2 aliphatic heterocycles. The first kappa shape index (κ1) is 26.0. The van der Waals surface area contributed by atoms with E-state index in [-0.39, 0.29) is 58.0 Å². The van der Waals surface area contributed by atoms with Gasteiger partial charge in [0.15, 0.2) is 0 Å². The summed E-state index contributed by atoms with van der Waals surface area (Å²) in [5.74, 6) is -3.17. The number of hydrogen-bond donors (Lipinski definition) is 0. The Morgan fingerprint density at radius 1 is 0.575 bits per heavy atom. The highest BCUT2D eigenvalue weighted by Gasteiger charge is 2.36. The summed E-state index contributed by atoms with van der Waals surface area (Å²) >= 11 is 0. The van der Waals surface area contributed by atoms with Crippen LogP contribution in [0.5, 0.6) is 11.5 Å². The van der Waals surface area contributed by atoms with Crippen LogP contribution in [-0.4, -0.2) is 58.5 Å². The molecule has 40 heavy (non-hydrogen) atoms. The molecule has 0 bridgehead atoms. The van der Waals surface area contributed by atoms with Crippen molar-refractivity contribution in [2.24, 2.45) is 0 Å². The summed E-state index contributed by atoms with van der Waals surface area (Å²) in [6.07, 6.45) is 2.87. The first-order valence-corrected chi connectivity index (χ1v) is 12.0. The molecular weight excluding hydrogens is 516 g/mol. The lowest BCUT2D eigenvalue weighted by Crippen LogP contribution is -2.29. The van der Waals surface area contributed by atoms with E-state index in [2.05, 4.69) is 13.2 Å². The van der Waals surface area contributed by atoms with Gasteiger partial charge in [0, 0.05) is 13.1 Å². The maximum Gasteiger partial charge on any atom is 0.343 e. The monoisotopic (exact) mass is 536 g/mol. The minimum atomic E-state index is -0.752. The highest BCUT2D eigenvalue weighted by Crippen LogP contribution is 2.27. The summed E-state index contributed by atoms with van der Waals surface area (Å²) in [5.41, 5.74) is 0.759. The molecule has 2 aliphatic rings. The molecule has 198 valence electrons. The molecule has 10 nitrogen and oxygen atoms in total. The van der Waals surface area contributed by atoms with Crippen molar-refractivity contribution in [2.45, 2.75) is 0 Å². The molecule has 0 atom stereocenters. The Balaban J connectivity index is 1.24. The number of nitrogens with zero attached hydrogens (tertiary/aromatic N) is 2. The van der Waals surface area contributed by atoms with Crippen molar-refractivity contribution < 1.29 is 38.2 Å². The highest BCUT2D eigenvalue weighted by atomic mass is 16.5. The van der Waals surface area contributed by atoms with E-state index >= 15 is 0 Å². The second kappa shape index (κ2) is 10.3. The van der Waals surface area contributed by atoms with Crippen molar-refractivity contribution in [3.63, 3.8) is 0 Å². The van der Waals surface area contributed by atoms with E-state index in [1.54, 1.807) is 0 Å². The molecule has 3 aromatic carbocycles. The zero-order chi connectivity index (χ0) is 28.6. The average molecular weight is 536 g/mol. The SMILES string of the molecule is C=CCN1C(=O)c2ccc(C(=O)Oc3ccc(OC(=O)c4ccc5c(c4)C(=O)N(CC=C)C5=O)cc3)cc2C1=O. The summed E-state index contributed by atoms with van der Waals surface area (Å²) in [7, 11) is 0. The van der Waals surface area contributed by atoms with Gasteiger partial charge in [-0.25, -0.2) is 9.59 Å². The summed E-state index contributed by atoms with van der Waals surface area (Å²) in [5, 5.41) is 0. The molecule has 0 spiro atoms. The summed E-state index contributed by atoms with van der Waals surface area (Å²) in [6, 6.07) is 13.8. The number of benzene rings is 3. The Morgan fingerprint density at radius 3 is 1.27 bits per heavy atom. The van der Waals surface area contributed by atoms with Gasteiger partial charge in [-0.15, -0.1) is 13.2 Å². The number of imide groups is 2. The third-order valence-electron chi connectivity index (χ3n) is 6.28. The minimum absolute atomic E-state index is 0.0572. The average Bonchev–Trinajstić information content (AvgIpc) is 3.34. The van der Waals surface area contributed by atoms with Crippen LogP contribution in [0.4, 0.5) is 0 Å². The van der Waals surface area contributed by atoms with Crippen LogP contribution >= 0.6 is 0 Å². The Bertz CT molecular complexity index is 1530. The summed E-state index contributed by atoms with van der Waals surface area (Å²) < 4.78 is 10.7. The van der Waals surface area contributed by atoms with E-state index in [1.165, 1.54) is 72.8 Å². The van der Waals surface area contributed by atoms with E-state index in [0.29, 0.717) is 0 Å². The lowest BCUT2D eigenvalue weighted by Gasteiger charge is -2.09. The summed E-state index contributed by atoms with van der Waals surface area (Å²) in [6.45, 7) is 7.19. The number of carbonyl (C=O) groups is 6. The third-order valence-corrected chi connectivity index (χ3v) is 6.28. The quantitative estimate of drug-likeness (QED) is 0.185. The molecule has 3 aromatic rings. The fourth-order valence-corrected chi connectivity index (χ4v) is 4.33. The Kier molecular flexibility index (Phi) is 6.66. The third kappa shape index (κ3) is 4.47. The van der Waals surface area contributed by atoms with Crippen molar-refractivity contribution in [1.82, 2.24) is 9.80 Å². The molecule has 2 heterocycles. The molecule has 0 fully saturated rings. The molecule has 0 aliphatic carbocycles. The molecule has 10 heteroatoms. The van der Waals surface area contributed by atoms with Gasteiger partial charge < -0.3 is 9.47 Å². The Labute approximate surface area is 227 Å². The van der Waals surface area contributed by atoms with Crippen molar-refractivity contribution in [1.29, 1.82) is 0 Å². The number of fused-ring (bicyclic) bond motifs is 2. The summed E-state index contributed by atoms with van der Waals surface area (Å²) in [4.78, 5) is 77.1. The first-order valence-electron chi connectivity index (χ1n) is 12.0. The van der Waals surface area contributed by atoms with Crippen LogP contribution in [0.25, 0.3) is 0 Å². The van der Waals surface area contributed by atoms with Crippen LogP contribution < -0.4 is 9.47 Å². The van der Waals surface area contributed by atoms with Gasteiger partial charge in [0.2, 0.25) is 0 Å². The maximum absolute atomic E-state index is 12.7. The fraction of sp³-hybridized carbons (Fsp3) is 0.0667. The van der Waals surface area contributed by atoms with Crippen molar-refractivity contribution in [3.8, 4) is 11.5 Å². The maximum atomic E-state index is 12.7. The van der Waals surface area contributed by atoms with E-state index < -0.39 is 35.6 Å². The standard InChI is InChI=1S/C30H20N2O8/c1-3-13-31-25(33)21-11-5-17(15-23(21)27(31)35)29(37)39-19-7-9-20(10-8-19)40-30(38)18-6-12-22-24(16-18)28(36)32(14-4-2)26(22)34/h3-12,15-16H,1-2,13-14H2. The smallest absolute Gasteiger partial charge is 0.343 e. The lowest BCUT2D eigenvalue weighted by atomic mass is 10.1. The van der Waals surface area contributed by atoms with Crippen LogP contribution in [0.2, 0.25) is 0 Å². The van der Waals surface area contributed by atoms with E-state index in [1.807, 2.05) is 0 Å². The van der Waals surface area contributed by atoms with Gasteiger partial charge in [0.05, 0.1) is 33.4 Å². The van der Waals surface area contributed by atoms with Gasteiger partial charge in [0.25, 0.3) is 23.6 Å². The van der Waals surface area contributed by atoms with Gasteiger partial charge >= 0.3 is 11.9 Å². The normalized spacial score (nSPS) is 13.7. The lowest BCUT2D eigenvalue weighted by molar-refractivity contribution is 0.0656. The van der Waals surface area contributed by atoms with Crippen LogP contribution in [0.1, 0.15) is 62.1 Å². The molecule has 0 saturated carbocycles. The number of hydrogen-bond acceptors (Lipinski definition) is 8. The van der Waals surface area contributed by atoms with Crippen LogP contribution in [0.3, 0.4) is 0 Å². The van der Waals surface area contributed by atoms with Crippen LogP contribution in [0.15, 0.2) is 86.0 Å². The van der Waals surface area contributed by atoms with Crippen molar-refractivity contribution in [2.75, 3.05) is 13.1 Å². The molecule has 4 amide bonds. The first-order chi connectivity index (χ1) is 19.2. The molecule has 0 N–H and O–H groups in total. The second-order valence-electron chi connectivity index (χ2n) is 8.79. The predicted molar refractivity (Wildman–Crippen MR) is 140 cm³/mol. The topological polar surface area (TPSA) is 127 Å². The van der Waals surface area contributed by atoms with E-state index in [0.717, 1.165) is 9.80 Å².